The van der Waals surface area contributed by atoms with Crippen molar-refractivity contribution in [2.24, 2.45) is 0 Å². The second-order valence-electron chi connectivity index (χ2n) is 3.86. The van der Waals surface area contributed by atoms with Crippen LogP contribution in [0.3, 0.4) is 0 Å². The van der Waals surface area contributed by atoms with Gasteiger partial charge >= 0.3 is 5.97 Å². The lowest BCUT2D eigenvalue weighted by Crippen LogP contribution is -2.12. The highest BCUT2D eigenvalue weighted by Gasteiger charge is 1.97. The molecule has 0 spiro atoms. The van der Waals surface area contributed by atoms with Gasteiger partial charge in [-0.1, -0.05) is 36.4 Å². The molecule has 0 saturated carbocycles. The van der Waals surface area contributed by atoms with Crippen LogP contribution in [0.2, 0.25) is 0 Å². The summed E-state index contributed by atoms with van der Waals surface area (Å²) in [5, 5.41) is 8.37. The van der Waals surface area contributed by atoms with Gasteiger partial charge in [0, 0.05) is 13.1 Å². The molecule has 2 rings (SSSR count). The van der Waals surface area contributed by atoms with Crippen molar-refractivity contribution in [1.82, 2.24) is 4.90 Å². The van der Waals surface area contributed by atoms with E-state index < -0.39 is 5.97 Å². The van der Waals surface area contributed by atoms with E-state index in [1.54, 1.807) is 12.1 Å². The Kier molecular flexibility index (Phi) is 5.86. The molecule has 1 heterocycles. The molecule has 1 N–H and O–H groups in total. The van der Waals surface area contributed by atoms with E-state index in [1.165, 1.54) is 13.0 Å². The van der Waals surface area contributed by atoms with Crippen molar-refractivity contribution in [3.63, 3.8) is 0 Å². The normalized spacial score (nSPS) is 13.1. The fraction of sp³-hybridized carbons (Fsp3) is 0.357. The Morgan fingerprint density at radius 2 is 2.06 bits per heavy atom. The van der Waals surface area contributed by atoms with Gasteiger partial charge in [-0.2, -0.15) is 0 Å². The van der Waals surface area contributed by atoms with E-state index in [1.807, 2.05) is 18.2 Å². The average Bonchev–Trinajstić information content (AvgIpc) is 2.83. The molecular weight excluding hydrogens is 214 g/mol. The SMILES string of the molecule is CCN1C=CCC1.O=C(O)Cc1ccccc1. The Balaban J connectivity index is 0.000000181. The molecule has 92 valence electrons. The third-order valence-electron chi connectivity index (χ3n) is 2.50. The van der Waals surface area contributed by atoms with E-state index in [0.717, 1.165) is 12.1 Å². The lowest BCUT2D eigenvalue weighted by Gasteiger charge is -2.09. The Morgan fingerprint density at radius 1 is 1.35 bits per heavy atom. The second-order valence-corrected chi connectivity index (χ2v) is 3.86. The summed E-state index contributed by atoms with van der Waals surface area (Å²) in [6, 6.07) is 9.13. The first-order valence-corrected chi connectivity index (χ1v) is 5.88. The first kappa shape index (κ1) is 13.3. The van der Waals surface area contributed by atoms with Crippen molar-refractivity contribution < 1.29 is 9.90 Å². The van der Waals surface area contributed by atoms with Crippen LogP contribution < -0.4 is 0 Å². The summed E-state index contributed by atoms with van der Waals surface area (Å²) in [6.45, 7) is 4.57. The van der Waals surface area contributed by atoms with Gasteiger partial charge in [-0.3, -0.25) is 4.79 Å². The predicted octanol–water partition coefficient (Wildman–Crippen LogP) is 2.54. The van der Waals surface area contributed by atoms with E-state index in [-0.39, 0.29) is 6.42 Å². The minimum atomic E-state index is -0.786. The smallest absolute Gasteiger partial charge is 0.307 e. The molecule has 0 aliphatic carbocycles. The van der Waals surface area contributed by atoms with Crippen LogP contribution in [0.5, 0.6) is 0 Å². The topological polar surface area (TPSA) is 40.5 Å². The molecular formula is C14H19NO2. The lowest BCUT2D eigenvalue weighted by molar-refractivity contribution is -0.136. The molecule has 3 nitrogen and oxygen atoms in total. The lowest BCUT2D eigenvalue weighted by atomic mass is 10.2. The number of rotatable bonds is 3. The summed E-state index contributed by atoms with van der Waals surface area (Å²) >= 11 is 0. The molecule has 0 amide bonds. The summed E-state index contributed by atoms with van der Waals surface area (Å²) in [6.07, 6.45) is 5.73. The van der Waals surface area contributed by atoms with E-state index in [9.17, 15) is 4.79 Å². The van der Waals surface area contributed by atoms with Gasteiger partial charge in [0.05, 0.1) is 6.42 Å². The van der Waals surface area contributed by atoms with Crippen LogP contribution in [0.4, 0.5) is 0 Å². The summed E-state index contributed by atoms with van der Waals surface area (Å²) in [5.74, 6) is -0.786. The quantitative estimate of drug-likeness (QED) is 0.872. The van der Waals surface area contributed by atoms with Crippen molar-refractivity contribution in [1.29, 1.82) is 0 Å². The summed E-state index contributed by atoms with van der Waals surface area (Å²) in [5.41, 5.74) is 0.843. The van der Waals surface area contributed by atoms with Crippen LogP contribution in [-0.4, -0.2) is 29.1 Å². The average molecular weight is 233 g/mol. The Morgan fingerprint density at radius 3 is 2.47 bits per heavy atom. The minimum absolute atomic E-state index is 0.112. The molecule has 0 atom stereocenters. The van der Waals surface area contributed by atoms with Crippen LogP contribution in [0, 0.1) is 0 Å². The van der Waals surface area contributed by atoms with E-state index in [4.69, 9.17) is 5.11 Å². The number of hydrogen-bond acceptors (Lipinski definition) is 2. The summed E-state index contributed by atoms with van der Waals surface area (Å²) in [4.78, 5) is 12.5. The van der Waals surface area contributed by atoms with Gasteiger partial charge in [0.2, 0.25) is 0 Å². The number of nitrogens with zero attached hydrogens (tertiary/aromatic N) is 1. The van der Waals surface area contributed by atoms with Gasteiger partial charge in [0.15, 0.2) is 0 Å². The zero-order chi connectivity index (χ0) is 12.5. The monoisotopic (exact) mass is 233 g/mol. The van der Waals surface area contributed by atoms with Crippen molar-refractivity contribution in [3.05, 3.63) is 48.2 Å². The third-order valence-corrected chi connectivity index (χ3v) is 2.50. The van der Waals surface area contributed by atoms with Gasteiger partial charge in [0.1, 0.15) is 0 Å². The number of carboxylic acids is 1. The first-order chi connectivity index (χ1) is 8.22. The molecule has 0 fully saturated rings. The summed E-state index contributed by atoms with van der Waals surface area (Å²) < 4.78 is 0. The molecule has 0 saturated heterocycles. The first-order valence-electron chi connectivity index (χ1n) is 5.88. The maximum Gasteiger partial charge on any atom is 0.307 e. The summed E-state index contributed by atoms with van der Waals surface area (Å²) in [7, 11) is 0. The third kappa shape index (κ3) is 5.76. The van der Waals surface area contributed by atoms with E-state index >= 15 is 0 Å². The molecule has 0 unspecified atom stereocenters. The van der Waals surface area contributed by atoms with Gasteiger partial charge in [-0.25, -0.2) is 0 Å². The standard InChI is InChI=1S/C8H8O2.C6H11N/c9-8(10)6-7-4-2-1-3-5-7;1-2-7-5-3-4-6-7/h1-5H,6H2,(H,9,10);3,5H,2,4,6H2,1H3. The Bertz CT molecular complexity index is 360. The largest absolute Gasteiger partial charge is 0.481 e. The zero-order valence-electron chi connectivity index (χ0n) is 10.2. The maximum atomic E-state index is 10.2. The number of aliphatic carboxylic acids is 1. The van der Waals surface area contributed by atoms with E-state index in [2.05, 4.69) is 24.1 Å². The van der Waals surface area contributed by atoms with Crippen LogP contribution in [-0.2, 0) is 11.2 Å². The van der Waals surface area contributed by atoms with Crippen molar-refractivity contribution >= 4 is 5.97 Å². The predicted molar refractivity (Wildman–Crippen MR) is 68.8 cm³/mol. The van der Waals surface area contributed by atoms with Crippen LogP contribution in [0.25, 0.3) is 0 Å². The highest BCUT2D eigenvalue weighted by molar-refractivity contribution is 5.70. The van der Waals surface area contributed by atoms with Crippen molar-refractivity contribution in [3.8, 4) is 0 Å². The number of benzene rings is 1. The highest BCUT2D eigenvalue weighted by Crippen LogP contribution is 2.01. The van der Waals surface area contributed by atoms with Crippen molar-refractivity contribution in [2.45, 2.75) is 19.8 Å². The Labute approximate surface area is 102 Å². The molecule has 0 bridgehead atoms. The minimum Gasteiger partial charge on any atom is -0.481 e. The van der Waals surface area contributed by atoms with E-state index in [0.29, 0.717) is 0 Å². The molecule has 1 aliphatic rings. The van der Waals surface area contributed by atoms with Crippen molar-refractivity contribution in [2.75, 3.05) is 13.1 Å². The van der Waals surface area contributed by atoms with Gasteiger partial charge in [-0.05, 0) is 25.1 Å². The molecule has 0 radical (unpaired) electrons. The molecule has 17 heavy (non-hydrogen) atoms. The highest BCUT2D eigenvalue weighted by atomic mass is 16.4. The molecule has 1 aromatic rings. The van der Waals surface area contributed by atoms with Crippen LogP contribution in [0.1, 0.15) is 18.9 Å². The fourth-order valence-corrected chi connectivity index (χ4v) is 1.57. The maximum absolute atomic E-state index is 10.2. The zero-order valence-corrected chi connectivity index (χ0v) is 10.2. The molecule has 1 aliphatic heterocycles. The molecule has 0 aromatic heterocycles. The van der Waals surface area contributed by atoms with Gasteiger partial charge in [-0.15, -0.1) is 0 Å². The molecule has 1 aromatic carbocycles. The number of carboxylic acid groups (broad SMARTS) is 1. The Hall–Kier alpha value is -1.77. The van der Waals surface area contributed by atoms with Gasteiger partial charge in [0.25, 0.3) is 0 Å². The fourth-order valence-electron chi connectivity index (χ4n) is 1.57. The van der Waals surface area contributed by atoms with Crippen LogP contribution >= 0.6 is 0 Å². The molecule has 3 heteroatoms. The number of carbonyl (C=O) groups is 1. The van der Waals surface area contributed by atoms with Gasteiger partial charge < -0.3 is 10.0 Å². The second kappa shape index (κ2) is 7.49. The number of hydrogen-bond donors (Lipinski definition) is 1. The van der Waals surface area contributed by atoms with Crippen LogP contribution in [0.15, 0.2) is 42.6 Å².